The van der Waals surface area contributed by atoms with E-state index in [0.717, 1.165) is 30.4 Å². The average Bonchev–Trinajstić information content (AvgIpc) is 2.78. The number of nitrogens with one attached hydrogen (secondary N) is 1. The summed E-state index contributed by atoms with van der Waals surface area (Å²) in [6.45, 7) is 5.05. The Balaban J connectivity index is 1.89. The molecule has 1 saturated heterocycles. The molecule has 162 valence electrons. The molecule has 3 rings (SSSR count). The predicted octanol–water partition coefficient (Wildman–Crippen LogP) is 4.06. The third-order valence-electron chi connectivity index (χ3n) is 5.56. The van der Waals surface area contributed by atoms with E-state index < -0.39 is 10.0 Å². The van der Waals surface area contributed by atoms with E-state index in [-0.39, 0.29) is 22.4 Å². The van der Waals surface area contributed by atoms with Crippen LogP contribution < -0.4 is 10.1 Å². The minimum Gasteiger partial charge on any atom is -0.496 e. The molecule has 0 saturated carbocycles. The zero-order chi connectivity index (χ0) is 21.7. The smallest absolute Gasteiger partial charge is 0.255 e. The number of carbonyl (C=O) groups excluding carboxylic acids is 1. The van der Waals surface area contributed by atoms with Gasteiger partial charge in [0, 0.05) is 13.1 Å². The number of amides is 1. The van der Waals surface area contributed by atoms with Crippen molar-refractivity contribution in [3.63, 3.8) is 0 Å². The highest BCUT2D eigenvalue weighted by Gasteiger charge is 2.28. The molecule has 0 aliphatic carbocycles. The van der Waals surface area contributed by atoms with E-state index in [1.807, 2.05) is 38.1 Å². The van der Waals surface area contributed by atoms with Crippen LogP contribution in [0.5, 0.6) is 5.75 Å². The Bertz CT molecular complexity index is 981. The van der Waals surface area contributed by atoms with Gasteiger partial charge in [0.25, 0.3) is 5.91 Å². The summed E-state index contributed by atoms with van der Waals surface area (Å²) in [6, 6.07) is 12.3. The number of hydrogen-bond acceptors (Lipinski definition) is 4. The van der Waals surface area contributed by atoms with Crippen LogP contribution in [-0.2, 0) is 10.0 Å². The zero-order valence-electron chi connectivity index (χ0n) is 17.8. The highest BCUT2D eigenvalue weighted by atomic mass is 32.2. The Hall–Kier alpha value is -2.38. The van der Waals surface area contributed by atoms with Gasteiger partial charge in [-0.25, -0.2) is 8.42 Å². The quantitative estimate of drug-likeness (QED) is 0.719. The first-order valence-electron chi connectivity index (χ1n) is 10.4. The highest BCUT2D eigenvalue weighted by Crippen LogP contribution is 2.27. The van der Waals surface area contributed by atoms with Crippen LogP contribution in [0.25, 0.3) is 0 Å². The molecule has 0 bridgehead atoms. The van der Waals surface area contributed by atoms with Crippen LogP contribution in [0, 0.1) is 6.92 Å². The number of sulfonamides is 1. The van der Waals surface area contributed by atoms with Gasteiger partial charge in [-0.1, -0.05) is 43.2 Å². The minimum absolute atomic E-state index is 0.124. The van der Waals surface area contributed by atoms with Crippen LogP contribution >= 0.6 is 0 Å². The van der Waals surface area contributed by atoms with Crippen molar-refractivity contribution in [2.75, 3.05) is 20.2 Å². The lowest BCUT2D eigenvalue weighted by Crippen LogP contribution is -2.35. The molecule has 1 aliphatic heterocycles. The Kier molecular flexibility index (Phi) is 7.15. The summed E-state index contributed by atoms with van der Waals surface area (Å²) < 4.78 is 32.9. The molecule has 30 heavy (non-hydrogen) atoms. The van der Waals surface area contributed by atoms with E-state index in [4.69, 9.17) is 4.74 Å². The van der Waals surface area contributed by atoms with Gasteiger partial charge in [0.15, 0.2) is 0 Å². The van der Waals surface area contributed by atoms with E-state index >= 15 is 0 Å². The van der Waals surface area contributed by atoms with Crippen LogP contribution in [0.1, 0.15) is 60.1 Å². The summed E-state index contributed by atoms with van der Waals surface area (Å²) in [4.78, 5) is 13.2. The van der Waals surface area contributed by atoms with Crippen molar-refractivity contribution in [2.45, 2.75) is 50.5 Å². The summed E-state index contributed by atoms with van der Waals surface area (Å²) in [7, 11) is -2.16. The number of hydrogen-bond donors (Lipinski definition) is 1. The predicted molar refractivity (Wildman–Crippen MR) is 117 cm³/mol. The van der Waals surface area contributed by atoms with Crippen molar-refractivity contribution in [1.29, 1.82) is 0 Å². The average molecular weight is 431 g/mol. The van der Waals surface area contributed by atoms with Crippen LogP contribution in [-0.4, -0.2) is 38.8 Å². The summed E-state index contributed by atoms with van der Waals surface area (Å²) in [5.41, 5.74) is 2.38. The second kappa shape index (κ2) is 9.62. The molecule has 1 atom stereocenters. The Morgan fingerprint density at radius 3 is 2.37 bits per heavy atom. The number of piperidine rings is 1. The number of nitrogens with zero attached hydrogens (tertiary/aromatic N) is 1. The molecule has 0 radical (unpaired) electrons. The van der Waals surface area contributed by atoms with E-state index in [1.54, 1.807) is 6.07 Å². The second-order valence-electron chi connectivity index (χ2n) is 7.67. The van der Waals surface area contributed by atoms with Crippen molar-refractivity contribution in [1.82, 2.24) is 9.62 Å². The molecule has 0 aromatic heterocycles. The van der Waals surface area contributed by atoms with Gasteiger partial charge in [-0.05, 0) is 49.9 Å². The third kappa shape index (κ3) is 4.84. The maximum atomic E-state index is 13.1. The Morgan fingerprint density at radius 1 is 1.10 bits per heavy atom. The molecule has 0 spiro atoms. The van der Waals surface area contributed by atoms with Crippen molar-refractivity contribution in [3.05, 3.63) is 59.2 Å². The topological polar surface area (TPSA) is 75.7 Å². The number of carbonyl (C=O) groups is 1. The van der Waals surface area contributed by atoms with Crippen molar-refractivity contribution in [2.24, 2.45) is 0 Å². The number of aryl methyl sites for hydroxylation is 1. The fourth-order valence-corrected chi connectivity index (χ4v) is 5.28. The Labute approximate surface area is 179 Å². The van der Waals surface area contributed by atoms with Gasteiger partial charge >= 0.3 is 0 Å². The third-order valence-corrected chi connectivity index (χ3v) is 7.46. The van der Waals surface area contributed by atoms with Crippen LogP contribution in [0.3, 0.4) is 0 Å². The van der Waals surface area contributed by atoms with Crippen LogP contribution in [0.15, 0.2) is 47.4 Å². The summed E-state index contributed by atoms with van der Waals surface area (Å²) in [5, 5.41) is 3.02. The van der Waals surface area contributed by atoms with Crippen LogP contribution in [0.4, 0.5) is 0 Å². The monoisotopic (exact) mass is 430 g/mol. The fraction of sp³-hybridized carbons (Fsp3) is 0.435. The lowest BCUT2D eigenvalue weighted by Gasteiger charge is -2.26. The number of rotatable bonds is 7. The summed E-state index contributed by atoms with van der Waals surface area (Å²) >= 11 is 0. The molecule has 0 unspecified atom stereocenters. The standard InChI is InChI=1S/C23H30N2O4S/c1-4-21(18-10-8-17(2)9-11-18)24-23(26)20-16-19(12-13-22(20)29-3)30(27,28)25-14-6-5-7-15-25/h8-13,16,21H,4-7,14-15H2,1-3H3,(H,24,26)/t21-/m1/s1. The molecule has 7 heteroatoms. The van der Waals surface area contributed by atoms with Gasteiger partial charge < -0.3 is 10.1 Å². The number of ether oxygens (including phenoxy) is 1. The minimum atomic E-state index is -3.64. The zero-order valence-corrected chi connectivity index (χ0v) is 18.7. The molecular weight excluding hydrogens is 400 g/mol. The molecule has 1 fully saturated rings. The molecule has 2 aromatic carbocycles. The van der Waals surface area contributed by atoms with Crippen LogP contribution in [0.2, 0.25) is 0 Å². The lowest BCUT2D eigenvalue weighted by atomic mass is 10.0. The first-order valence-corrected chi connectivity index (χ1v) is 11.9. The van der Waals surface area contributed by atoms with Gasteiger partial charge in [0.1, 0.15) is 5.75 Å². The van der Waals surface area contributed by atoms with Gasteiger partial charge in [0.2, 0.25) is 10.0 Å². The highest BCUT2D eigenvalue weighted by molar-refractivity contribution is 7.89. The fourth-order valence-electron chi connectivity index (χ4n) is 3.74. The van der Waals surface area contributed by atoms with Gasteiger partial charge in [-0.2, -0.15) is 4.31 Å². The molecule has 1 N–H and O–H groups in total. The maximum absolute atomic E-state index is 13.1. The van der Waals surface area contributed by atoms with E-state index in [1.165, 1.54) is 23.5 Å². The molecule has 1 amide bonds. The first kappa shape index (κ1) is 22.3. The van der Waals surface area contributed by atoms with Gasteiger partial charge in [-0.3, -0.25) is 4.79 Å². The van der Waals surface area contributed by atoms with E-state index in [2.05, 4.69) is 5.32 Å². The SMILES string of the molecule is CC[C@@H](NC(=O)c1cc(S(=O)(=O)N2CCCCC2)ccc1OC)c1ccc(C)cc1. The molecule has 1 aliphatic rings. The molecular formula is C23H30N2O4S. The lowest BCUT2D eigenvalue weighted by molar-refractivity contribution is 0.0932. The van der Waals surface area contributed by atoms with Gasteiger partial charge in [-0.15, -0.1) is 0 Å². The normalized spacial score (nSPS) is 16.1. The summed E-state index contributed by atoms with van der Waals surface area (Å²) in [5.74, 6) is -0.00109. The second-order valence-corrected chi connectivity index (χ2v) is 9.61. The maximum Gasteiger partial charge on any atom is 0.255 e. The molecule has 1 heterocycles. The molecule has 6 nitrogen and oxygen atoms in total. The number of methoxy groups -OCH3 is 1. The summed E-state index contributed by atoms with van der Waals surface area (Å²) in [6.07, 6.45) is 3.47. The molecule has 2 aromatic rings. The van der Waals surface area contributed by atoms with Crippen molar-refractivity contribution in [3.8, 4) is 5.75 Å². The first-order chi connectivity index (χ1) is 14.4. The van der Waals surface area contributed by atoms with Gasteiger partial charge in [0.05, 0.1) is 23.6 Å². The Morgan fingerprint density at radius 2 is 1.77 bits per heavy atom. The van der Waals surface area contributed by atoms with E-state index in [9.17, 15) is 13.2 Å². The number of benzene rings is 2. The van der Waals surface area contributed by atoms with Crippen molar-refractivity contribution < 1.29 is 17.9 Å². The van der Waals surface area contributed by atoms with E-state index in [0.29, 0.717) is 25.3 Å². The largest absolute Gasteiger partial charge is 0.496 e. The van der Waals surface area contributed by atoms with Crippen molar-refractivity contribution >= 4 is 15.9 Å².